The molecule has 0 aromatic heterocycles. The van der Waals surface area contributed by atoms with Crippen molar-refractivity contribution in [1.29, 1.82) is 0 Å². The summed E-state index contributed by atoms with van der Waals surface area (Å²) in [5.41, 5.74) is 6.26. The van der Waals surface area contributed by atoms with Crippen molar-refractivity contribution in [3.63, 3.8) is 0 Å². The number of anilines is 1. The van der Waals surface area contributed by atoms with E-state index in [9.17, 15) is 9.90 Å². The van der Waals surface area contributed by atoms with E-state index in [0.717, 1.165) is 12.8 Å². The predicted molar refractivity (Wildman–Crippen MR) is 78.3 cm³/mol. The molecule has 0 aliphatic rings. The van der Waals surface area contributed by atoms with Crippen LogP contribution in [0.15, 0.2) is 18.2 Å². The molecule has 19 heavy (non-hydrogen) atoms. The van der Waals surface area contributed by atoms with Crippen LogP contribution in [0.25, 0.3) is 0 Å². The number of aliphatic hydroxyl groups is 1. The number of carbonyl (C=O) groups is 1. The van der Waals surface area contributed by atoms with Crippen LogP contribution in [-0.2, 0) is 0 Å². The summed E-state index contributed by atoms with van der Waals surface area (Å²) in [5, 5.41) is 12.8. The number of aliphatic hydroxyl groups excluding tert-OH is 1. The molecule has 0 radical (unpaired) electrons. The highest BCUT2D eigenvalue weighted by atomic mass is 35.5. The van der Waals surface area contributed by atoms with Crippen molar-refractivity contribution in [1.82, 2.24) is 5.32 Å². The molecule has 4 N–H and O–H groups in total. The van der Waals surface area contributed by atoms with Gasteiger partial charge in [-0.05, 0) is 31.0 Å². The minimum absolute atomic E-state index is 0.0520. The first-order valence-corrected chi connectivity index (χ1v) is 6.80. The Balaban J connectivity index is 2.75. The second kappa shape index (κ2) is 6.78. The lowest BCUT2D eigenvalue weighted by molar-refractivity contribution is 0.0852. The quantitative estimate of drug-likeness (QED) is 0.702. The molecule has 5 heteroatoms. The molecule has 0 aliphatic heterocycles. The first-order valence-electron chi connectivity index (χ1n) is 6.42. The van der Waals surface area contributed by atoms with Crippen LogP contribution in [0.1, 0.15) is 37.0 Å². The Morgan fingerprint density at radius 1 is 1.42 bits per heavy atom. The van der Waals surface area contributed by atoms with Crippen molar-refractivity contribution in [3.05, 3.63) is 28.8 Å². The van der Waals surface area contributed by atoms with E-state index in [1.54, 1.807) is 18.2 Å². The summed E-state index contributed by atoms with van der Waals surface area (Å²) in [6.07, 6.45) is 1.60. The first kappa shape index (κ1) is 15.8. The van der Waals surface area contributed by atoms with Gasteiger partial charge in [-0.15, -0.1) is 0 Å². The fourth-order valence-corrected chi connectivity index (χ4v) is 2.06. The maximum atomic E-state index is 12.1. The van der Waals surface area contributed by atoms with E-state index in [-0.39, 0.29) is 17.9 Å². The fourth-order valence-electron chi connectivity index (χ4n) is 1.88. The van der Waals surface area contributed by atoms with E-state index in [1.807, 2.05) is 13.8 Å². The summed E-state index contributed by atoms with van der Waals surface area (Å²) in [6, 6.07) is 4.78. The third-order valence-electron chi connectivity index (χ3n) is 3.72. The zero-order valence-electron chi connectivity index (χ0n) is 11.4. The van der Waals surface area contributed by atoms with Crippen LogP contribution in [0, 0.1) is 5.41 Å². The van der Waals surface area contributed by atoms with Crippen molar-refractivity contribution in [2.24, 2.45) is 5.41 Å². The number of nitrogen functional groups attached to an aromatic ring is 1. The van der Waals surface area contributed by atoms with Gasteiger partial charge in [-0.3, -0.25) is 4.79 Å². The van der Waals surface area contributed by atoms with Gasteiger partial charge in [0.05, 0.1) is 12.2 Å². The summed E-state index contributed by atoms with van der Waals surface area (Å²) in [7, 11) is 0. The molecule has 0 saturated carbocycles. The lowest BCUT2D eigenvalue weighted by Crippen LogP contribution is -2.39. The molecule has 1 aromatic rings. The van der Waals surface area contributed by atoms with Gasteiger partial charge in [-0.1, -0.05) is 25.4 Å². The van der Waals surface area contributed by atoms with Crippen LogP contribution >= 0.6 is 11.6 Å². The number of hydrogen-bond acceptors (Lipinski definition) is 3. The van der Waals surface area contributed by atoms with E-state index in [0.29, 0.717) is 22.8 Å². The van der Waals surface area contributed by atoms with Gasteiger partial charge in [0.1, 0.15) is 0 Å². The van der Waals surface area contributed by atoms with E-state index >= 15 is 0 Å². The van der Waals surface area contributed by atoms with Gasteiger partial charge in [0.25, 0.3) is 5.91 Å². The van der Waals surface area contributed by atoms with Gasteiger partial charge in [0.15, 0.2) is 0 Å². The van der Waals surface area contributed by atoms with Crippen LogP contribution in [0.4, 0.5) is 5.69 Å². The number of amides is 1. The third kappa shape index (κ3) is 3.85. The molecular formula is C14H21ClN2O2. The van der Waals surface area contributed by atoms with Gasteiger partial charge in [0, 0.05) is 22.7 Å². The lowest BCUT2D eigenvalue weighted by atomic mass is 9.83. The highest BCUT2D eigenvalue weighted by molar-refractivity contribution is 6.31. The van der Waals surface area contributed by atoms with Crippen LogP contribution in [0.5, 0.6) is 0 Å². The predicted octanol–water partition coefficient (Wildman–Crippen LogP) is 2.45. The topological polar surface area (TPSA) is 75.3 Å². The molecule has 0 aliphatic carbocycles. The van der Waals surface area contributed by atoms with E-state index in [4.69, 9.17) is 17.3 Å². The number of nitrogens with one attached hydrogen (secondary N) is 1. The highest BCUT2D eigenvalue weighted by Crippen LogP contribution is 2.25. The Hall–Kier alpha value is -1.26. The van der Waals surface area contributed by atoms with Crippen molar-refractivity contribution < 1.29 is 9.90 Å². The average Bonchev–Trinajstić information content (AvgIpc) is 2.40. The van der Waals surface area contributed by atoms with Crippen LogP contribution in [0.2, 0.25) is 5.02 Å². The van der Waals surface area contributed by atoms with Gasteiger partial charge < -0.3 is 16.2 Å². The molecule has 4 nitrogen and oxygen atoms in total. The maximum Gasteiger partial charge on any atom is 0.253 e. The minimum atomic E-state index is -0.267. The molecule has 1 aromatic carbocycles. The molecule has 0 heterocycles. The molecule has 0 saturated heterocycles. The van der Waals surface area contributed by atoms with Crippen molar-refractivity contribution in [2.45, 2.75) is 26.7 Å². The largest absolute Gasteiger partial charge is 0.398 e. The monoisotopic (exact) mass is 284 g/mol. The second-order valence-electron chi connectivity index (χ2n) is 4.78. The molecule has 0 fully saturated rings. The standard InChI is InChI=1S/C14H21ClN2O2/c1-3-14(4-2,9-18)8-17-13(19)11-6-5-10(15)7-12(11)16/h5-7,18H,3-4,8-9,16H2,1-2H3,(H,17,19). The number of carbonyl (C=O) groups excluding carboxylic acids is 1. The fraction of sp³-hybridized carbons (Fsp3) is 0.500. The van der Waals surface area contributed by atoms with Crippen molar-refractivity contribution >= 4 is 23.2 Å². The molecule has 1 amide bonds. The Morgan fingerprint density at radius 2 is 2.05 bits per heavy atom. The molecule has 0 bridgehead atoms. The first-order chi connectivity index (χ1) is 8.98. The molecule has 106 valence electrons. The van der Waals surface area contributed by atoms with Crippen molar-refractivity contribution in [2.75, 3.05) is 18.9 Å². The third-order valence-corrected chi connectivity index (χ3v) is 3.95. The van der Waals surface area contributed by atoms with Gasteiger partial charge in [-0.25, -0.2) is 0 Å². The van der Waals surface area contributed by atoms with E-state index in [1.165, 1.54) is 0 Å². The number of rotatable bonds is 6. The summed E-state index contributed by atoms with van der Waals surface area (Å²) in [5.74, 6) is -0.242. The zero-order chi connectivity index (χ0) is 14.5. The number of benzene rings is 1. The van der Waals surface area contributed by atoms with Gasteiger partial charge >= 0.3 is 0 Å². The summed E-state index contributed by atoms with van der Waals surface area (Å²) >= 11 is 5.79. The van der Waals surface area contributed by atoms with Crippen LogP contribution in [0.3, 0.4) is 0 Å². The number of hydrogen-bond donors (Lipinski definition) is 3. The lowest BCUT2D eigenvalue weighted by Gasteiger charge is -2.29. The number of halogens is 1. The summed E-state index contributed by atoms with van der Waals surface area (Å²) in [4.78, 5) is 12.1. The second-order valence-corrected chi connectivity index (χ2v) is 5.22. The Labute approximate surface area is 118 Å². The number of nitrogens with two attached hydrogens (primary N) is 1. The van der Waals surface area contributed by atoms with Crippen molar-refractivity contribution in [3.8, 4) is 0 Å². The van der Waals surface area contributed by atoms with Crippen LogP contribution in [-0.4, -0.2) is 24.2 Å². The molecule has 1 rings (SSSR count). The SMILES string of the molecule is CCC(CC)(CO)CNC(=O)c1ccc(Cl)cc1N. The van der Waals surface area contributed by atoms with E-state index in [2.05, 4.69) is 5.32 Å². The normalized spacial score (nSPS) is 11.4. The zero-order valence-corrected chi connectivity index (χ0v) is 12.1. The molecule has 0 atom stereocenters. The Bertz CT molecular complexity index is 437. The molecular weight excluding hydrogens is 264 g/mol. The smallest absolute Gasteiger partial charge is 0.253 e. The summed E-state index contributed by atoms with van der Waals surface area (Å²) in [6.45, 7) is 4.48. The Morgan fingerprint density at radius 3 is 2.53 bits per heavy atom. The highest BCUT2D eigenvalue weighted by Gasteiger charge is 2.26. The molecule has 0 unspecified atom stereocenters. The van der Waals surface area contributed by atoms with Crippen LogP contribution < -0.4 is 11.1 Å². The maximum absolute atomic E-state index is 12.1. The Kier molecular flexibility index (Phi) is 5.63. The molecule has 0 spiro atoms. The minimum Gasteiger partial charge on any atom is -0.398 e. The van der Waals surface area contributed by atoms with E-state index < -0.39 is 0 Å². The average molecular weight is 285 g/mol. The summed E-state index contributed by atoms with van der Waals surface area (Å²) < 4.78 is 0. The van der Waals surface area contributed by atoms with Gasteiger partial charge in [0.2, 0.25) is 0 Å². The van der Waals surface area contributed by atoms with Gasteiger partial charge in [-0.2, -0.15) is 0 Å².